The second-order valence-electron chi connectivity index (χ2n) is 6.30. The highest BCUT2D eigenvalue weighted by Crippen LogP contribution is 2.20. The molecule has 0 unspecified atom stereocenters. The molecule has 0 aliphatic carbocycles. The molecule has 0 saturated heterocycles. The van der Waals surface area contributed by atoms with E-state index < -0.39 is 0 Å². The summed E-state index contributed by atoms with van der Waals surface area (Å²) in [6.45, 7) is 2.01. The lowest BCUT2D eigenvalue weighted by Gasteiger charge is -2.12. The summed E-state index contributed by atoms with van der Waals surface area (Å²) >= 11 is 18.3. The number of pyridine rings is 1. The average Bonchev–Trinajstić information content (AvgIpc) is 2.72. The van der Waals surface area contributed by atoms with E-state index in [0.29, 0.717) is 42.6 Å². The summed E-state index contributed by atoms with van der Waals surface area (Å²) in [6.07, 6.45) is 3.90. The lowest BCUT2D eigenvalue weighted by molar-refractivity contribution is 0.584. The molecular weight excluding hydrogens is 433 g/mol. The summed E-state index contributed by atoms with van der Waals surface area (Å²) in [6, 6.07) is 11.0. The van der Waals surface area contributed by atoms with Gasteiger partial charge in [0.25, 0.3) is 5.56 Å². The number of halogens is 3. The fraction of sp³-hybridized carbons (Fsp3) is 0.250. The van der Waals surface area contributed by atoms with Gasteiger partial charge in [-0.1, -0.05) is 40.9 Å². The van der Waals surface area contributed by atoms with Gasteiger partial charge in [-0.2, -0.15) is 0 Å². The third kappa shape index (κ3) is 6.18. The Bertz CT molecular complexity index is 1010. The first-order chi connectivity index (χ1) is 14.0. The summed E-state index contributed by atoms with van der Waals surface area (Å²) in [5.74, 6) is 0.267. The molecule has 0 aliphatic heterocycles. The molecule has 2 heterocycles. The van der Waals surface area contributed by atoms with Gasteiger partial charge in [0, 0.05) is 54.5 Å². The predicted octanol–water partition coefficient (Wildman–Crippen LogP) is 4.04. The van der Waals surface area contributed by atoms with Crippen molar-refractivity contribution in [3.8, 4) is 0 Å². The van der Waals surface area contributed by atoms with Crippen molar-refractivity contribution in [2.45, 2.75) is 19.5 Å². The van der Waals surface area contributed by atoms with E-state index in [1.807, 2.05) is 24.3 Å². The van der Waals surface area contributed by atoms with E-state index in [0.717, 1.165) is 11.3 Å². The van der Waals surface area contributed by atoms with E-state index >= 15 is 0 Å². The maximum atomic E-state index is 12.7. The summed E-state index contributed by atoms with van der Waals surface area (Å²) in [7, 11) is 0. The molecule has 0 fully saturated rings. The van der Waals surface area contributed by atoms with Gasteiger partial charge in [-0.05, 0) is 35.9 Å². The van der Waals surface area contributed by atoms with Gasteiger partial charge in [-0.25, -0.2) is 4.98 Å². The molecule has 0 atom stereocenters. The van der Waals surface area contributed by atoms with Crippen molar-refractivity contribution in [2.24, 2.45) is 0 Å². The molecule has 6 nitrogen and oxygen atoms in total. The number of rotatable bonds is 9. The maximum Gasteiger partial charge on any atom is 0.294 e. The van der Waals surface area contributed by atoms with Crippen LogP contribution in [-0.2, 0) is 19.5 Å². The van der Waals surface area contributed by atoms with Crippen LogP contribution in [0.4, 0.5) is 5.82 Å². The fourth-order valence-electron chi connectivity index (χ4n) is 2.74. The standard InChI is InChI=1S/C20H20Cl3N5O/c21-15-4-5-17(22)14(11-15)12-24-9-10-28-18(23)13-27-19(20(28)29)26-8-6-16-3-1-2-7-25-16/h1-5,7,11,13,24H,6,8-10,12H2,(H,26,27). The lowest BCUT2D eigenvalue weighted by atomic mass is 10.2. The number of aromatic nitrogens is 3. The Labute approximate surface area is 183 Å². The number of hydrogen-bond donors (Lipinski definition) is 2. The van der Waals surface area contributed by atoms with Crippen LogP contribution in [0.2, 0.25) is 15.2 Å². The van der Waals surface area contributed by atoms with Crippen LogP contribution in [0.3, 0.4) is 0 Å². The highest BCUT2D eigenvalue weighted by atomic mass is 35.5. The summed E-state index contributed by atoms with van der Waals surface area (Å²) in [5, 5.41) is 7.86. The smallest absolute Gasteiger partial charge is 0.294 e. The van der Waals surface area contributed by atoms with Crippen molar-refractivity contribution in [3.05, 3.63) is 85.6 Å². The quantitative estimate of drug-likeness (QED) is 0.479. The minimum absolute atomic E-state index is 0.263. The van der Waals surface area contributed by atoms with Gasteiger partial charge in [0.05, 0.1) is 6.20 Å². The average molecular weight is 453 g/mol. The van der Waals surface area contributed by atoms with Gasteiger partial charge in [-0.3, -0.25) is 14.3 Å². The van der Waals surface area contributed by atoms with Gasteiger partial charge in [-0.15, -0.1) is 0 Å². The van der Waals surface area contributed by atoms with E-state index in [9.17, 15) is 4.79 Å². The Morgan fingerprint density at radius 3 is 2.69 bits per heavy atom. The van der Waals surface area contributed by atoms with Gasteiger partial charge in [0.2, 0.25) is 0 Å². The molecule has 29 heavy (non-hydrogen) atoms. The van der Waals surface area contributed by atoms with E-state index in [1.54, 1.807) is 18.3 Å². The zero-order valence-electron chi connectivity index (χ0n) is 15.5. The predicted molar refractivity (Wildman–Crippen MR) is 118 cm³/mol. The van der Waals surface area contributed by atoms with Crippen molar-refractivity contribution < 1.29 is 0 Å². The molecule has 2 aromatic heterocycles. The number of anilines is 1. The molecule has 3 rings (SSSR count). The highest BCUT2D eigenvalue weighted by molar-refractivity contribution is 6.33. The Hall–Kier alpha value is -2.12. The molecule has 0 saturated carbocycles. The van der Waals surface area contributed by atoms with Crippen molar-refractivity contribution >= 4 is 40.6 Å². The van der Waals surface area contributed by atoms with Crippen molar-refractivity contribution in [1.29, 1.82) is 0 Å². The largest absolute Gasteiger partial charge is 0.365 e. The van der Waals surface area contributed by atoms with Crippen LogP contribution in [0.25, 0.3) is 0 Å². The first-order valence-electron chi connectivity index (χ1n) is 9.08. The molecule has 0 aliphatic rings. The van der Waals surface area contributed by atoms with Crippen LogP contribution in [0.5, 0.6) is 0 Å². The third-order valence-electron chi connectivity index (χ3n) is 4.24. The van der Waals surface area contributed by atoms with Gasteiger partial charge >= 0.3 is 0 Å². The van der Waals surface area contributed by atoms with Crippen LogP contribution in [-0.4, -0.2) is 27.6 Å². The second kappa shape index (κ2) is 10.6. The first-order valence-corrected chi connectivity index (χ1v) is 10.2. The zero-order valence-corrected chi connectivity index (χ0v) is 17.8. The molecule has 0 amide bonds. The SMILES string of the molecule is O=c1c(NCCc2ccccn2)ncc(Cl)n1CCNCc1cc(Cl)ccc1Cl. The Morgan fingerprint density at radius 2 is 1.90 bits per heavy atom. The van der Waals surface area contributed by atoms with Gasteiger partial charge in [0.1, 0.15) is 5.15 Å². The fourth-order valence-corrected chi connectivity index (χ4v) is 3.33. The normalized spacial score (nSPS) is 10.9. The van der Waals surface area contributed by atoms with E-state index in [1.165, 1.54) is 10.8 Å². The molecule has 9 heteroatoms. The topological polar surface area (TPSA) is 71.8 Å². The second-order valence-corrected chi connectivity index (χ2v) is 7.53. The van der Waals surface area contributed by atoms with Crippen LogP contribution < -0.4 is 16.2 Å². The Morgan fingerprint density at radius 1 is 1.03 bits per heavy atom. The molecule has 0 bridgehead atoms. The van der Waals surface area contributed by atoms with Crippen molar-refractivity contribution in [3.63, 3.8) is 0 Å². The van der Waals surface area contributed by atoms with E-state index in [-0.39, 0.29) is 16.5 Å². The molecular formula is C20H20Cl3N5O. The molecule has 1 aromatic carbocycles. The molecule has 152 valence electrons. The van der Waals surface area contributed by atoms with Crippen molar-refractivity contribution in [1.82, 2.24) is 19.9 Å². The lowest BCUT2D eigenvalue weighted by Crippen LogP contribution is -2.30. The zero-order chi connectivity index (χ0) is 20.6. The first kappa shape index (κ1) is 21.6. The number of nitrogens with zero attached hydrogens (tertiary/aromatic N) is 3. The highest BCUT2D eigenvalue weighted by Gasteiger charge is 2.09. The summed E-state index contributed by atoms with van der Waals surface area (Å²) in [4.78, 5) is 21.0. The van der Waals surface area contributed by atoms with Crippen LogP contribution >= 0.6 is 34.8 Å². The van der Waals surface area contributed by atoms with E-state index in [4.69, 9.17) is 34.8 Å². The number of hydrogen-bond acceptors (Lipinski definition) is 5. The van der Waals surface area contributed by atoms with Gasteiger partial charge in [0.15, 0.2) is 5.82 Å². The minimum atomic E-state index is -0.263. The summed E-state index contributed by atoms with van der Waals surface area (Å²) < 4.78 is 1.48. The monoisotopic (exact) mass is 451 g/mol. The minimum Gasteiger partial charge on any atom is -0.365 e. The van der Waals surface area contributed by atoms with Crippen LogP contribution in [0.1, 0.15) is 11.3 Å². The molecule has 3 aromatic rings. The van der Waals surface area contributed by atoms with Crippen LogP contribution in [0, 0.1) is 0 Å². The Balaban J connectivity index is 1.55. The van der Waals surface area contributed by atoms with E-state index in [2.05, 4.69) is 20.6 Å². The Kier molecular flexibility index (Phi) is 7.89. The maximum absolute atomic E-state index is 12.7. The van der Waals surface area contributed by atoms with Gasteiger partial charge < -0.3 is 10.6 Å². The molecule has 2 N–H and O–H groups in total. The van der Waals surface area contributed by atoms with Crippen LogP contribution in [0.15, 0.2) is 53.6 Å². The molecule has 0 radical (unpaired) electrons. The number of benzene rings is 1. The summed E-state index contributed by atoms with van der Waals surface area (Å²) in [5.41, 5.74) is 1.57. The third-order valence-corrected chi connectivity index (χ3v) is 5.15. The number of nitrogens with one attached hydrogen (secondary N) is 2. The molecule has 0 spiro atoms. The van der Waals surface area contributed by atoms with Crippen molar-refractivity contribution in [2.75, 3.05) is 18.4 Å².